The molecule has 3 unspecified atom stereocenters. The first kappa shape index (κ1) is 14.6. The molecule has 1 N–H and O–H groups in total. The Hall–Kier alpha value is -0.850. The van der Waals surface area contributed by atoms with Gasteiger partial charge >= 0.3 is 0 Å². The van der Waals surface area contributed by atoms with E-state index in [1.807, 2.05) is 12.1 Å². The van der Waals surface area contributed by atoms with Crippen LogP contribution in [0.4, 0.5) is 11.4 Å². The van der Waals surface area contributed by atoms with Gasteiger partial charge in [-0.25, -0.2) is 0 Å². The van der Waals surface area contributed by atoms with Gasteiger partial charge in [-0.05, 0) is 65.8 Å². The summed E-state index contributed by atoms with van der Waals surface area (Å²) in [4.78, 5) is 10.8. The van der Waals surface area contributed by atoms with Gasteiger partial charge in [-0.3, -0.25) is 10.1 Å². The molecule has 1 aromatic carbocycles. The number of benzene rings is 1. The maximum atomic E-state index is 11.1. The number of nitro benzene ring substituents is 1. The average molecular weight is 374 g/mol. The standard InChI is InChI=1S/C14H19IN2O2/c1-9-3-5-12(10(2)7-9)16-13-6-4-11(15)8-14(13)17(18)19/h4,6,8-10,12,16H,3,5,7H2,1-2H3. The van der Waals surface area contributed by atoms with E-state index < -0.39 is 0 Å². The zero-order valence-corrected chi connectivity index (χ0v) is 13.4. The number of rotatable bonds is 3. The van der Waals surface area contributed by atoms with Crippen LogP contribution in [0, 0.1) is 25.5 Å². The van der Waals surface area contributed by atoms with E-state index in [1.54, 1.807) is 6.07 Å². The Morgan fingerprint density at radius 3 is 2.74 bits per heavy atom. The molecule has 0 saturated heterocycles. The van der Waals surface area contributed by atoms with E-state index in [9.17, 15) is 10.1 Å². The first-order valence-corrected chi connectivity index (χ1v) is 7.75. The number of nitro groups is 1. The van der Waals surface area contributed by atoms with Gasteiger partial charge in [0.2, 0.25) is 0 Å². The normalized spacial score (nSPS) is 27.0. The van der Waals surface area contributed by atoms with Gasteiger partial charge < -0.3 is 5.32 Å². The van der Waals surface area contributed by atoms with Crippen molar-refractivity contribution in [1.82, 2.24) is 0 Å². The number of anilines is 1. The second-order valence-corrected chi connectivity index (χ2v) is 6.81. The lowest BCUT2D eigenvalue weighted by atomic mass is 9.80. The third-order valence-corrected chi connectivity index (χ3v) is 4.60. The molecule has 19 heavy (non-hydrogen) atoms. The highest BCUT2D eigenvalue weighted by Crippen LogP contribution is 2.33. The Balaban J connectivity index is 2.17. The molecule has 1 aromatic rings. The summed E-state index contributed by atoms with van der Waals surface area (Å²) in [7, 11) is 0. The lowest BCUT2D eigenvalue weighted by Gasteiger charge is -2.33. The second-order valence-electron chi connectivity index (χ2n) is 5.56. The number of hydrogen-bond acceptors (Lipinski definition) is 3. The largest absolute Gasteiger partial charge is 0.376 e. The smallest absolute Gasteiger partial charge is 0.293 e. The van der Waals surface area contributed by atoms with Crippen molar-refractivity contribution in [1.29, 1.82) is 0 Å². The van der Waals surface area contributed by atoms with Crippen molar-refractivity contribution in [3.05, 3.63) is 31.9 Å². The van der Waals surface area contributed by atoms with Crippen molar-refractivity contribution in [3.8, 4) is 0 Å². The molecule has 3 atom stereocenters. The minimum atomic E-state index is -0.305. The first-order valence-electron chi connectivity index (χ1n) is 6.68. The molecule has 1 fully saturated rings. The van der Waals surface area contributed by atoms with Crippen molar-refractivity contribution < 1.29 is 4.92 Å². The summed E-state index contributed by atoms with van der Waals surface area (Å²) in [6, 6.07) is 5.70. The van der Waals surface area contributed by atoms with Crippen LogP contribution < -0.4 is 5.32 Å². The van der Waals surface area contributed by atoms with E-state index in [2.05, 4.69) is 41.8 Å². The minimum absolute atomic E-state index is 0.178. The molecule has 0 bridgehead atoms. The molecule has 0 radical (unpaired) electrons. The van der Waals surface area contributed by atoms with Crippen LogP contribution in [0.5, 0.6) is 0 Å². The van der Waals surface area contributed by atoms with E-state index >= 15 is 0 Å². The molecule has 1 aliphatic rings. The summed E-state index contributed by atoms with van der Waals surface area (Å²) in [5, 5.41) is 14.5. The lowest BCUT2D eigenvalue weighted by molar-refractivity contribution is -0.384. The summed E-state index contributed by atoms with van der Waals surface area (Å²) in [5.74, 6) is 1.32. The quantitative estimate of drug-likeness (QED) is 0.484. The van der Waals surface area contributed by atoms with Crippen LogP contribution >= 0.6 is 22.6 Å². The SMILES string of the molecule is CC1CCC(Nc2ccc(I)cc2[N+](=O)[O-])C(C)C1. The van der Waals surface area contributed by atoms with Gasteiger partial charge in [0.1, 0.15) is 5.69 Å². The van der Waals surface area contributed by atoms with Crippen LogP contribution in [0.1, 0.15) is 33.1 Å². The van der Waals surface area contributed by atoms with Crippen molar-refractivity contribution in [3.63, 3.8) is 0 Å². The Bertz CT molecular complexity index is 479. The molecule has 5 heteroatoms. The second kappa shape index (κ2) is 6.07. The minimum Gasteiger partial charge on any atom is -0.376 e. The molecule has 0 amide bonds. The number of halogens is 1. The maximum Gasteiger partial charge on any atom is 0.293 e. The molecule has 0 heterocycles. The van der Waals surface area contributed by atoms with Gasteiger partial charge in [0.15, 0.2) is 0 Å². The third kappa shape index (κ3) is 3.58. The van der Waals surface area contributed by atoms with Crippen LogP contribution in [0.2, 0.25) is 0 Å². The Kier molecular flexibility index (Phi) is 4.65. The highest BCUT2D eigenvalue weighted by atomic mass is 127. The summed E-state index contributed by atoms with van der Waals surface area (Å²) in [6.07, 6.45) is 3.47. The number of nitrogens with one attached hydrogen (secondary N) is 1. The summed E-state index contributed by atoms with van der Waals surface area (Å²) >= 11 is 2.10. The fourth-order valence-electron chi connectivity index (χ4n) is 2.86. The highest BCUT2D eigenvalue weighted by Gasteiger charge is 2.27. The molecule has 1 aliphatic carbocycles. The van der Waals surface area contributed by atoms with E-state index in [1.165, 1.54) is 12.8 Å². The zero-order valence-electron chi connectivity index (χ0n) is 11.2. The van der Waals surface area contributed by atoms with Gasteiger partial charge in [0, 0.05) is 15.7 Å². The lowest BCUT2D eigenvalue weighted by Crippen LogP contribution is -2.33. The molecular formula is C14H19IN2O2. The fraction of sp³-hybridized carbons (Fsp3) is 0.571. The van der Waals surface area contributed by atoms with Crippen LogP contribution in [-0.4, -0.2) is 11.0 Å². The Morgan fingerprint density at radius 1 is 1.37 bits per heavy atom. The van der Waals surface area contributed by atoms with Gasteiger partial charge in [-0.15, -0.1) is 0 Å². The van der Waals surface area contributed by atoms with Crippen LogP contribution in [-0.2, 0) is 0 Å². The van der Waals surface area contributed by atoms with E-state index in [4.69, 9.17) is 0 Å². The van der Waals surface area contributed by atoms with E-state index in [-0.39, 0.29) is 10.6 Å². The molecule has 0 spiro atoms. The average Bonchev–Trinajstić information content (AvgIpc) is 2.34. The molecule has 0 aromatic heterocycles. The van der Waals surface area contributed by atoms with Crippen molar-refractivity contribution in [2.75, 3.05) is 5.32 Å². The molecule has 2 rings (SSSR count). The van der Waals surface area contributed by atoms with Crippen LogP contribution in [0.25, 0.3) is 0 Å². The Labute approximate surface area is 127 Å². The monoisotopic (exact) mass is 374 g/mol. The van der Waals surface area contributed by atoms with Crippen molar-refractivity contribution in [2.45, 2.75) is 39.2 Å². The molecule has 1 saturated carbocycles. The van der Waals surface area contributed by atoms with E-state index in [0.717, 1.165) is 15.9 Å². The van der Waals surface area contributed by atoms with Gasteiger partial charge in [-0.2, -0.15) is 0 Å². The van der Waals surface area contributed by atoms with E-state index in [0.29, 0.717) is 17.6 Å². The van der Waals surface area contributed by atoms with Gasteiger partial charge in [0.05, 0.1) is 4.92 Å². The highest BCUT2D eigenvalue weighted by molar-refractivity contribution is 14.1. The first-order chi connectivity index (χ1) is 8.97. The van der Waals surface area contributed by atoms with Gasteiger partial charge in [0.25, 0.3) is 5.69 Å². The zero-order chi connectivity index (χ0) is 14.0. The third-order valence-electron chi connectivity index (χ3n) is 3.93. The maximum absolute atomic E-state index is 11.1. The van der Waals surface area contributed by atoms with Crippen molar-refractivity contribution in [2.24, 2.45) is 11.8 Å². The van der Waals surface area contributed by atoms with Crippen LogP contribution in [0.15, 0.2) is 18.2 Å². The van der Waals surface area contributed by atoms with Crippen LogP contribution in [0.3, 0.4) is 0 Å². The summed E-state index contributed by atoms with van der Waals surface area (Å²) < 4.78 is 0.889. The topological polar surface area (TPSA) is 55.2 Å². The number of hydrogen-bond donors (Lipinski definition) is 1. The fourth-order valence-corrected chi connectivity index (χ4v) is 3.33. The summed E-state index contributed by atoms with van der Waals surface area (Å²) in [5.41, 5.74) is 0.828. The number of nitrogens with zero attached hydrogens (tertiary/aromatic N) is 1. The van der Waals surface area contributed by atoms with Gasteiger partial charge in [-0.1, -0.05) is 13.8 Å². The molecule has 104 valence electrons. The summed E-state index contributed by atoms with van der Waals surface area (Å²) in [6.45, 7) is 4.51. The van der Waals surface area contributed by atoms with Crippen molar-refractivity contribution >= 4 is 34.0 Å². The predicted molar refractivity (Wildman–Crippen MR) is 85.4 cm³/mol. The molecular weight excluding hydrogens is 355 g/mol. The molecule has 4 nitrogen and oxygen atoms in total. The predicted octanol–water partition coefficient (Wildman–Crippen LogP) is 4.44. The Morgan fingerprint density at radius 2 is 2.11 bits per heavy atom. The molecule has 0 aliphatic heterocycles.